The minimum atomic E-state index is -0.0594. The lowest BCUT2D eigenvalue weighted by Gasteiger charge is -2.31. The molecule has 0 bridgehead atoms. The van der Waals surface area contributed by atoms with Crippen molar-refractivity contribution in [3.05, 3.63) is 23.2 Å². The van der Waals surface area contributed by atoms with Gasteiger partial charge in [-0.1, -0.05) is 37.4 Å². The van der Waals surface area contributed by atoms with Crippen LogP contribution in [0.1, 0.15) is 32.6 Å². The van der Waals surface area contributed by atoms with E-state index in [0.717, 1.165) is 43.7 Å². The molecular weight excluding hydrogens is 346 g/mol. The summed E-state index contributed by atoms with van der Waals surface area (Å²) in [6, 6.07) is 5.62. The molecule has 0 unspecified atom stereocenters. The van der Waals surface area contributed by atoms with Crippen LogP contribution >= 0.6 is 23.8 Å². The van der Waals surface area contributed by atoms with Crippen molar-refractivity contribution in [2.45, 2.75) is 32.6 Å². The van der Waals surface area contributed by atoms with E-state index in [1.165, 1.54) is 0 Å². The summed E-state index contributed by atoms with van der Waals surface area (Å²) in [6.07, 6.45) is 3.49. The van der Waals surface area contributed by atoms with Crippen molar-refractivity contribution in [3.8, 4) is 0 Å². The maximum absolute atomic E-state index is 11.9. The second-order valence-electron chi connectivity index (χ2n) is 5.69. The second kappa shape index (κ2) is 9.81. The topological polar surface area (TPSA) is 53.6 Å². The smallest absolute Gasteiger partial charge is 0.226 e. The Morgan fingerprint density at radius 1 is 1.33 bits per heavy atom. The molecule has 132 valence electrons. The Bertz CT molecular complexity index is 577. The van der Waals surface area contributed by atoms with E-state index in [1.54, 1.807) is 0 Å². The number of carbonyl (C=O) groups excluding carboxylic acids is 1. The Morgan fingerprint density at radius 3 is 2.79 bits per heavy atom. The molecule has 2 N–H and O–H groups in total. The van der Waals surface area contributed by atoms with E-state index in [1.807, 2.05) is 18.2 Å². The molecule has 1 amide bonds. The van der Waals surface area contributed by atoms with Crippen molar-refractivity contribution in [1.82, 2.24) is 5.32 Å². The number of thiocarbonyl (C=S) groups is 1. The van der Waals surface area contributed by atoms with Gasteiger partial charge in [-0.15, -0.1) is 0 Å². The molecule has 0 aromatic heterocycles. The Morgan fingerprint density at radius 2 is 2.08 bits per heavy atom. The number of halogens is 1. The Balaban J connectivity index is 1.99. The highest BCUT2D eigenvalue weighted by Crippen LogP contribution is 2.34. The standard InChI is InChI=1S/C17H24ClN3O2S/c1-2-3-4-8-15(22)20-17(24)19-14-7-5-6-13(18)16(14)21-9-11-23-12-10-21/h5-7H,2-4,8-12H2,1H3,(H2,19,20,22,24). The zero-order valence-electron chi connectivity index (χ0n) is 13.9. The average molecular weight is 370 g/mol. The minimum Gasteiger partial charge on any atom is -0.378 e. The summed E-state index contributed by atoms with van der Waals surface area (Å²) in [6.45, 7) is 4.99. The molecule has 1 aliphatic heterocycles. The van der Waals surface area contributed by atoms with Gasteiger partial charge in [-0.25, -0.2) is 0 Å². The number of hydrogen-bond donors (Lipinski definition) is 2. The molecule has 2 rings (SSSR count). The highest BCUT2D eigenvalue weighted by atomic mass is 35.5. The molecule has 1 aliphatic rings. The lowest BCUT2D eigenvalue weighted by Crippen LogP contribution is -2.38. The maximum atomic E-state index is 11.9. The zero-order chi connectivity index (χ0) is 17.4. The number of para-hydroxylation sites is 1. The van der Waals surface area contributed by atoms with Gasteiger partial charge in [0.05, 0.1) is 29.6 Å². The molecule has 0 radical (unpaired) electrons. The third-order valence-corrected chi connectivity index (χ3v) is 4.33. The number of amides is 1. The summed E-state index contributed by atoms with van der Waals surface area (Å²) < 4.78 is 5.39. The fourth-order valence-corrected chi connectivity index (χ4v) is 3.12. The number of hydrogen-bond acceptors (Lipinski definition) is 4. The van der Waals surface area contributed by atoms with E-state index in [-0.39, 0.29) is 5.91 Å². The molecule has 0 atom stereocenters. The van der Waals surface area contributed by atoms with Crippen LogP contribution in [-0.2, 0) is 9.53 Å². The van der Waals surface area contributed by atoms with Crippen molar-refractivity contribution in [2.24, 2.45) is 0 Å². The van der Waals surface area contributed by atoms with Crippen LogP contribution in [0.5, 0.6) is 0 Å². The van der Waals surface area contributed by atoms with Crippen molar-refractivity contribution in [3.63, 3.8) is 0 Å². The molecule has 0 aliphatic carbocycles. The van der Waals surface area contributed by atoms with Crippen LogP contribution in [0.3, 0.4) is 0 Å². The van der Waals surface area contributed by atoms with E-state index in [2.05, 4.69) is 22.5 Å². The van der Waals surface area contributed by atoms with Gasteiger partial charge < -0.3 is 20.3 Å². The van der Waals surface area contributed by atoms with Crippen LogP contribution in [0.25, 0.3) is 0 Å². The third kappa shape index (κ3) is 5.61. The predicted octanol–water partition coefficient (Wildman–Crippen LogP) is 3.57. The Hall–Kier alpha value is -1.37. The molecule has 1 heterocycles. The van der Waals surface area contributed by atoms with Crippen molar-refractivity contribution in [2.75, 3.05) is 36.5 Å². The van der Waals surface area contributed by atoms with Gasteiger partial charge >= 0.3 is 0 Å². The predicted molar refractivity (Wildman–Crippen MR) is 103 cm³/mol. The number of unbranched alkanes of at least 4 members (excludes halogenated alkanes) is 2. The summed E-state index contributed by atoms with van der Waals surface area (Å²) in [5.74, 6) is -0.0594. The van der Waals surface area contributed by atoms with Gasteiger partial charge in [0.1, 0.15) is 0 Å². The average Bonchev–Trinajstić information content (AvgIpc) is 2.56. The van der Waals surface area contributed by atoms with Crippen LogP contribution in [-0.4, -0.2) is 37.3 Å². The molecule has 24 heavy (non-hydrogen) atoms. The number of anilines is 2. The fourth-order valence-electron chi connectivity index (χ4n) is 2.60. The highest BCUT2D eigenvalue weighted by molar-refractivity contribution is 7.80. The maximum Gasteiger partial charge on any atom is 0.226 e. The van der Waals surface area contributed by atoms with Crippen LogP contribution in [0.15, 0.2) is 18.2 Å². The number of rotatable bonds is 6. The van der Waals surface area contributed by atoms with E-state index < -0.39 is 0 Å². The van der Waals surface area contributed by atoms with Gasteiger partial charge in [-0.05, 0) is 30.8 Å². The highest BCUT2D eigenvalue weighted by Gasteiger charge is 2.18. The number of carbonyl (C=O) groups is 1. The molecule has 7 heteroatoms. The first kappa shape index (κ1) is 19.0. The van der Waals surface area contributed by atoms with Gasteiger partial charge in [-0.3, -0.25) is 4.79 Å². The summed E-state index contributed by atoms with van der Waals surface area (Å²) in [5, 5.41) is 6.79. The van der Waals surface area contributed by atoms with E-state index in [4.69, 9.17) is 28.6 Å². The van der Waals surface area contributed by atoms with E-state index in [0.29, 0.717) is 29.8 Å². The third-order valence-electron chi connectivity index (χ3n) is 3.82. The van der Waals surface area contributed by atoms with Crippen LogP contribution in [0.4, 0.5) is 11.4 Å². The fraction of sp³-hybridized carbons (Fsp3) is 0.529. The van der Waals surface area contributed by atoms with Crippen LogP contribution < -0.4 is 15.5 Å². The number of nitrogens with zero attached hydrogens (tertiary/aromatic N) is 1. The SMILES string of the molecule is CCCCCC(=O)NC(=S)Nc1cccc(Cl)c1N1CCOCC1. The van der Waals surface area contributed by atoms with Crippen LogP contribution in [0, 0.1) is 0 Å². The molecule has 5 nitrogen and oxygen atoms in total. The number of ether oxygens (including phenoxy) is 1. The van der Waals surface area contributed by atoms with Crippen LogP contribution in [0.2, 0.25) is 5.02 Å². The Labute approximate surface area is 153 Å². The number of benzene rings is 1. The van der Waals surface area contributed by atoms with Gasteiger partial charge in [0.15, 0.2) is 5.11 Å². The summed E-state index contributed by atoms with van der Waals surface area (Å²) in [4.78, 5) is 14.0. The van der Waals surface area contributed by atoms with Gasteiger partial charge in [0.2, 0.25) is 5.91 Å². The van der Waals surface area contributed by atoms with Crippen molar-refractivity contribution >= 4 is 46.2 Å². The summed E-state index contributed by atoms with van der Waals surface area (Å²) in [5.41, 5.74) is 1.69. The van der Waals surface area contributed by atoms with Crippen molar-refractivity contribution < 1.29 is 9.53 Å². The molecule has 1 aromatic carbocycles. The summed E-state index contributed by atoms with van der Waals surface area (Å²) in [7, 11) is 0. The molecular formula is C17H24ClN3O2S. The first-order valence-electron chi connectivity index (χ1n) is 8.34. The van der Waals surface area contributed by atoms with Gasteiger partial charge in [0.25, 0.3) is 0 Å². The number of nitrogens with one attached hydrogen (secondary N) is 2. The van der Waals surface area contributed by atoms with Crippen molar-refractivity contribution in [1.29, 1.82) is 0 Å². The molecule has 1 aromatic rings. The molecule has 0 spiro atoms. The summed E-state index contributed by atoms with van der Waals surface area (Å²) >= 11 is 11.6. The minimum absolute atomic E-state index is 0.0594. The number of morpholine rings is 1. The lowest BCUT2D eigenvalue weighted by atomic mass is 10.2. The molecule has 1 fully saturated rings. The lowest BCUT2D eigenvalue weighted by molar-refractivity contribution is -0.119. The second-order valence-corrected chi connectivity index (χ2v) is 6.51. The monoisotopic (exact) mass is 369 g/mol. The first-order chi connectivity index (χ1) is 11.6. The normalized spacial score (nSPS) is 14.3. The molecule has 1 saturated heterocycles. The van der Waals surface area contributed by atoms with E-state index in [9.17, 15) is 4.79 Å². The first-order valence-corrected chi connectivity index (χ1v) is 9.12. The Kier molecular flexibility index (Phi) is 7.75. The molecule has 0 saturated carbocycles. The quantitative estimate of drug-likeness (QED) is 0.593. The van der Waals surface area contributed by atoms with E-state index >= 15 is 0 Å². The van der Waals surface area contributed by atoms with Gasteiger partial charge in [0, 0.05) is 19.5 Å². The largest absolute Gasteiger partial charge is 0.378 e. The van der Waals surface area contributed by atoms with Gasteiger partial charge in [-0.2, -0.15) is 0 Å². The zero-order valence-corrected chi connectivity index (χ0v) is 15.5.